The lowest BCUT2D eigenvalue weighted by atomic mass is 10.1. The predicted octanol–water partition coefficient (Wildman–Crippen LogP) is 6.09. The van der Waals surface area contributed by atoms with Crippen LogP contribution < -0.4 is 15.5 Å². The van der Waals surface area contributed by atoms with E-state index >= 15 is 0 Å². The molecule has 5 heterocycles. The Labute approximate surface area is 311 Å². The molecule has 0 spiro atoms. The molecule has 4 aromatic rings. The first-order valence-electron chi connectivity index (χ1n) is 18.2. The number of morpholine rings is 1. The molecule has 6 rings (SSSR count). The summed E-state index contributed by atoms with van der Waals surface area (Å²) in [5.74, 6) is -0.0749. The van der Waals surface area contributed by atoms with Crippen LogP contribution in [0.15, 0.2) is 55.0 Å². The van der Waals surface area contributed by atoms with E-state index in [4.69, 9.17) is 14.2 Å². The zero-order valence-electron chi connectivity index (χ0n) is 31.5. The van der Waals surface area contributed by atoms with Gasteiger partial charge in [-0.15, -0.1) is 0 Å². The third-order valence-electron chi connectivity index (χ3n) is 9.11. The molecule has 15 heteroatoms. The van der Waals surface area contributed by atoms with E-state index in [9.17, 15) is 14.4 Å². The van der Waals surface area contributed by atoms with Crippen molar-refractivity contribution in [3.63, 3.8) is 0 Å². The normalized spacial score (nSPS) is 16.5. The van der Waals surface area contributed by atoms with Gasteiger partial charge >= 0.3 is 6.09 Å². The van der Waals surface area contributed by atoms with Crippen molar-refractivity contribution in [3.8, 4) is 11.3 Å². The quantitative estimate of drug-likeness (QED) is 0.136. The molecule has 0 unspecified atom stereocenters. The van der Waals surface area contributed by atoms with Crippen molar-refractivity contribution in [2.75, 3.05) is 61.5 Å². The number of pyridine rings is 1. The van der Waals surface area contributed by atoms with Crippen LogP contribution in [0.5, 0.6) is 0 Å². The highest BCUT2D eigenvalue weighted by Crippen LogP contribution is 2.33. The van der Waals surface area contributed by atoms with E-state index < -0.39 is 19.8 Å². The van der Waals surface area contributed by atoms with Gasteiger partial charge in [0.2, 0.25) is 5.91 Å². The lowest BCUT2D eigenvalue weighted by Gasteiger charge is -2.28. The van der Waals surface area contributed by atoms with Crippen molar-refractivity contribution >= 4 is 54.2 Å². The number of carbonyl (C=O) groups excluding carboxylic acids is 3. The third kappa shape index (κ3) is 9.77. The Morgan fingerprint density at radius 2 is 1.68 bits per heavy atom. The number of fused-ring (bicyclic) bond motifs is 1. The molecule has 0 saturated carbocycles. The van der Waals surface area contributed by atoms with Gasteiger partial charge in [-0.3, -0.25) is 9.59 Å². The zero-order valence-corrected chi connectivity index (χ0v) is 32.5. The summed E-state index contributed by atoms with van der Waals surface area (Å²) < 4.78 is 19.3. The van der Waals surface area contributed by atoms with Crippen LogP contribution in [-0.4, -0.2) is 102 Å². The molecule has 3 amide bonds. The van der Waals surface area contributed by atoms with Gasteiger partial charge in [-0.25, -0.2) is 19.7 Å². The summed E-state index contributed by atoms with van der Waals surface area (Å²) in [4.78, 5) is 55.8. The molecule has 0 radical (unpaired) electrons. The zero-order chi connectivity index (χ0) is 37.8. The second-order valence-electron chi connectivity index (χ2n) is 15.7. The summed E-state index contributed by atoms with van der Waals surface area (Å²) in [7, 11) is -1.26. The molecule has 1 atom stereocenters. The first kappa shape index (κ1) is 37.9. The van der Waals surface area contributed by atoms with Gasteiger partial charge in [0.05, 0.1) is 42.1 Å². The standard InChI is InChI=1S/C38H50N8O6Si/c1-38(2,3)52-37(49)45-14-13-27(23-45)35(47)43-29-11-12-31(39-22-29)36(48)42-28-9-7-26(8-10-28)32-21-30-33(44-15-17-50-18-16-44)40-24-41-34(30)46(32)25-51-19-20-53(4,5)6/h7-12,21-22,24,27H,13-20,23,25H2,1-6H3,(H,42,48)(H,43,47)/t27-/m0/s1. The van der Waals surface area contributed by atoms with Crippen molar-refractivity contribution in [2.24, 2.45) is 5.92 Å². The molecular formula is C38H50N8O6Si. The van der Waals surface area contributed by atoms with E-state index in [0.717, 1.165) is 47.2 Å². The fourth-order valence-electron chi connectivity index (χ4n) is 6.21. The molecule has 14 nitrogen and oxygen atoms in total. The van der Waals surface area contributed by atoms with Gasteiger partial charge in [-0.2, -0.15) is 0 Å². The van der Waals surface area contributed by atoms with E-state index in [2.05, 4.69) is 60.8 Å². The summed E-state index contributed by atoms with van der Waals surface area (Å²) in [5.41, 5.74) is 3.36. The molecule has 53 heavy (non-hydrogen) atoms. The van der Waals surface area contributed by atoms with E-state index in [1.807, 2.05) is 45.0 Å². The average molecular weight is 743 g/mol. The highest BCUT2D eigenvalue weighted by Gasteiger charge is 2.33. The fourth-order valence-corrected chi connectivity index (χ4v) is 6.97. The molecule has 3 aromatic heterocycles. The summed E-state index contributed by atoms with van der Waals surface area (Å²) in [6.07, 6.45) is 3.18. The average Bonchev–Trinajstić information content (AvgIpc) is 3.76. The maximum atomic E-state index is 13.1. The number of hydrogen-bond acceptors (Lipinski definition) is 10. The second-order valence-corrected chi connectivity index (χ2v) is 21.3. The fraction of sp³-hybridized carbons (Fsp3) is 0.474. The van der Waals surface area contributed by atoms with Gasteiger partial charge < -0.3 is 39.2 Å². The number of ether oxygens (including phenoxy) is 3. The number of nitrogens with zero attached hydrogens (tertiary/aromatic N) is 6. The maximum Gasteiger partial charge on any atom is 0.410 e. The Morgan fingerprint density at radius 1 is 0.943 bits per heavy atom. The molecule has 0 aliphatic carbocycles. The summed E-state index contributed by atoms with van der Waals surface area (Å²) in [6, 6.07) is 14.0. The minimum atomic E-state index is -1.26. The molecule has 2 saturated heterocycles. The minimum Gasteiger partial charge on any atom is -0.444 e. The van der Waals surface area contributed by atoms with Gasteiger partial charge in [0.15, 0.2) is 0 Å². The number of amides is 3. The summed E-state index contributed by atoms with van der Waals surface area (Å²) in [5, 5.41) is 6.72. The van der Waals surface area contributed by atoms with E-state index in [1.54, 1.807) is 23.4 Å². The van der Waals surface area contributed by atoms with Crippen molar-refractivity contribution in [1.82, 2.24) is 24.4 Å². The Bertz CT molecular complexity index is 1910. The van der Waals surface area contributed by atoms with E-state index in [-0.39, 0.29) is 30.0 Å². The molecule has 2 fully saturated rings. The van der Waals surface area contributed by atoms with E-state index in [0.29, 0.717) is 50.9 Å². The lowest BCUT2D eigenvalue weighted by Crippen LogP contribution is -2.36. The number of anilines is 3. The molecule has 2 N–H and O–H groups in total. The summed E-state index contributed by atoms with van der Waals surface area (Å²) in [6.45, 7) is 17.0. The molecule has 2 aliphatic rings. The van der Waals surface area contributed by atoms with Gasteiger partial charge in [-0.1, -0.05) is 31.8 Å². The Morgan fingerprint density at radius 3 is 2.36 bits per heavy atom. The molecule has 0 bridgehead atoms. The second kappa shape index (κ2) is 16.0. The molecule has 1 aromatic carbocycles. The van der Waals surface area contributed by atoms with Crippen LogP contribution in [0, 0.1) is 5.92 Å². The van der Waals surface area contributed by atoms with Gasteiger partial charge in [0.1, 0.15) is 35.8 Å². The number of carbonyl (C=O) groups is 3. The Balaban J connectivity index is 1.11. The van der Waals surface area contributed by atoms with Crippen molar-refractivity contribution in [1.29, 1.82) is 0 Å². The van der Waals surface area contributed by atoms with Gasteiger partial charge in [-0.05, 0) is 69.1 Å². The predicted molar refractivity (Wildman–Crippen MR) is 207 cm³/mol. The maximum absolute atomic E-state index is 13.1. The van der Waals surface area contributed by atoms with Crippen LogP contribution in [0.25, 0.3) is 22.3 Å². The van der Waals surface area contributed by atoms with Crippen LogP contribution in [-0.2, 0) is 25.7 Å². The number of hydrogen-bond donors (Lipinski definition) is 2. The minimum absolute atomic E-state index is 0.203. The van der Waals surface area contributed by atoms with Crippen LogP contribution in [0.4, 0.5) is 22.0 Å². The molecule has 2 aliphatic heterocycles. The van der Waals surface area contributed by atoms with Crippen LogP contribution in [0.2, 0.25) is 25.7 Å². The van der Waals surface area contributed by atoms with Gasteiger partial charge in [0, 0.05) is 46.5 Å². The first-order chi connectivity index (χ1) is 25.2. The highest BCUT2D eigenvalue weighted by atomic mass is 28.3. The Kier molecular flexibility index (Phi) is 11.5. The monoisotopic (exact) mass is 742 g/mol. The van der Waals surface area contributed by atoms with Crippen molar-refractivity contribution in [2.45, 2.75) is 65.2 Å². The SMILES string of the molecule is CC(C)(C)OC(=O)N1CC[C@H](C(=O)Nc2ccc(C(=O)Nc3ccc(-c4cc5c(N6CCOCC6)ncnc5n4COCC[Si](C)(C)C)cc3)nc2)C1. The molecule has 282 valence electrons. The smallest absolute Gasteiger partial charge is 0.410 e. The number of nitrogens with one attached hydrogen (secondary N) is 2. The highest BCUT2D eigenvalue weighted by molar-refractivity contribution is 6.76. The van der Waals surface area contributed by atoms with E-state index in [1.165, 1.54) is 6.20 Å². The topological polar surface area (TPSA) is 153 Å². The molecular weight excluding hydrogens is 693 g/mol. The van der Waals surface area contributed by atoms with Gasteiger partial charge in [0.25, 0.3) is 5.91 Å². The number of aromatic nitrogens is 4. The van der Waals surface area contributed by atoms with Crippen LogP contribution >= 0.6 is 0 Å². The number of rotatable bonds is 11. The van der Waals surface area contributed by atoms with Crippen LogP contribution in [0.3, 0.4) is 0 Å². The Hall–Kier alpha value is -4.86. The number of benzene rings is 1. The lowest BCUT2D eigenvalue weighted by molar-refractivity contribution is -0.119. The summed E-state index contributed by atoms with van der Waals surface area (Å²) >= 11 is 0. The van der Waals surface area contributed by atoms with Crippen LogP contribution in [0.1, 0.15) is 37.7 Å². The van der Waals surface area contributed by atoms with Crippen molar-refractivity contribution < 1.29 is 28.6 Å². The first-order valence-corrected chi connectivity index (χ1v) is 21.9. The van der Waals surface area contributed by atoms with Crippen molar-refractivity contribution in [3.05, 3.63) is 60.7 Å². The largest absolute Gasteiger partial charge is 0.444 e. The third-order valence-corrected chi connectivity index (χ3v) is 10.8. The number of likely N-dealkylation sites (tertiary alicyclic amines) is 1.